The topological polar surface area (TPSA) is 98.7 Å². The number of thioether (sulfide) groups is 1. The summed E-state index contributed by atoms with van der Waals surface area (Å²) >= 11 is 1.66. The molecule has 1 spiro atoms. The number of hydrogen-bond acceptors (Lipinski definition) is 5. The highest BCUT2D eigenvalue weighted by Crippen LogP contribution is 2.66. The van der Waals surface area contributed by atoms with E-state index in [4.69, 9.17) is 0 Å². The number of hydrogen-bond donors (Lipinski definition) is 3. The van der Waals surface area contributed by atoms with Crippen LogP contribution in [0.1, 0.15) is 73.3 Å². The summed E-state index contributed by atoms with van der Waals surface area (Å²) in [6.45, 7) is 14.6. The van der Waals surface area contributed by atoms with Crippen molar-refractivity contribution in [1.82, 2.24) is 15.5 Å². The lowest BCUT2D eigenvalue weighted by molar-refractivity contribution is -0.144. The molecule has 3 saturated heterocycles. The smallest absolute Gasteiger partial charge is 0.244 e. The zero-order valence-corrected chi connectivity index (χ0v) is 24.7. The van der Waals surface area contributed by atoms with Crippen molar-refractivity contribution in [3.63, 3.8) is 0 Å². The molecule has 4 rings (SSSR count). The van der Waals surface area contributed by atoms with Crippen molar-refractivity contribution in [2.24, 2.45) is 23.2 Å². The van der Waals surface area contributed by atoms with Crippen LogP contribution in [-0.4, -0.2) is 62.0 Å². The van der Waals surface area contributed by atoms with Crippen molar-refractivity contribution < 1.29 is 19.5 Å². The summed E-state index contributed by atoms with van der Waals surface area (Å²) in [5.74, 6) is -1.56. The van der Waals surface area contributed by atoms with Crippen molar-refractivity contribution >= 4 is 29.5 Å². The number of nitrogens with one attached hydrogen (secondary N) is 2. The van der Waals surface area contributed by atoms with Crippen LogP contribution in [0.2, 0.25) is 0 Å². The molecule has 0 aliphatic carbocycles. The molecule has 2 bridgehead atoms. The maximum atomic E-state index is 14.2. The second kappa shape index (κ2) is 10.5. The fraction of sp³-hybridized carbons (Fsp3) is 0.700. The molecule has 2 unspecified atom stereocenters. The summed E-state index contributed by atoms with van der Waals surface area (Å²) in [7, 11) is 0. The van der Waals surface area contributed by atoms with Crippen molar-refractivity contribution in [2.75, 3.05) is 6.61 Å². The number of fused-ring (bicyclic) bond motifs is 1. The second-order valence-electron chi connectivity index (χ2n) is 13.6. The summed E-state index contributed by atoms with van der Waals surface area (Å²) in [5.41, 5.74) is 0.542. The van der Waals surface area contributed by atoms with Gasteiger partial charge in [0.2, 0.25) is 17.7 Å². The van der Waals surface area contributed by atoms with Gasteiger partial charge in [0.05, 0.1) is 29.2 Å². The average Bonchev–Trinajstić information content (AvgIpc) is 3.44. The maximum Gasteiger partial charge on any atom is 0.244 e. The fourth-order valence-electron chi connectivity index (χ4n) is 7.34. The number of likely N-dealkylation sites (tertiary alicyclic amines) is 1. The van der Waals surface area contributed by atoms with Crippen LogP contribution in [0.4, 0.5) is 0 Å². The van der Waals surface area contributed by atoms with E-state index in [1.807, 2.05) is 58.0 Å². The summed E-state index contributed by atoms with van der Waals surface area (Å²) in [5, 5.41) is 16.7. The monoisotopic (exact) mass is 543 g/mol. The second-order valence-corrected chi connectivity index (χ2v) is 15.2. The number of aliphatic hydroxyl groups excluding tert-OH is 1. The molecular weight excluding hydrogens is 498 g/mol. The van der Waals surface area contributed by atoms with Gasteiger partial charge in [0.25, 0.3) is 0 Å². The third-order valence-electron chi connectivity index (χ3n) is 8.35. The molecule has 0 saturated carbocycles. The van der Waals surface area contributed by atoms with Gasteiger partial charge in [-0.1, -0.05) is 65.0 Å². The Bertz CT molecular complexity index is 1050. The SMILES string of the molecule is CC(C)[C@H](CO)N1C(=O)[C@@H]2[C@@H](C(=O)NCc3ccccc3)[C@H]3CCC2(S3)C1C(=O)NC(C)(C)CC(C)(C)C. The number of amides is 3. The number of carbonyl (C=O) groups excluding carboxylic acids is 3. The van der Waals surface area contributed by atoms with Crippen LogP contribution in [-0.2, 0) is 20.9 Å². The van der Waals surface area contributed by atoms with E-state index in [0.29, 0.717) is 13.0 Å². The highest BCUT2D eigenvalue weighted by Gasteiger charge is 2.74. The summed E-state index contributed by atoms with van der Waals surface area (Å²) < 4.78 is -0.666. The predicted molar refractivity (Wildman–Crippen MR) is 151 cm³/mol. The Balaban J connectivity index is 1.66. The van der Waals surface area contributed by atoms with Gasteiger partial charge in [-0.25, -0.2) is 0 Å². The molecule has 7 nitrogen and oxygen atoms in total. The maximum absolute atomic E-state index is 14.2. The van der Waals surface area contributed by atoms with E-state index in [0.717, 1.165) is 18.4 Å². The summed E-state index contributed by atoms with van der Waals surface area (Å²) in [6.07, 6.45) is 2.29. The number of nitrogens with zero attached hydrogens (tertiary/aromatic N) is 1. The normalized spacial score (nSPS) is 29.5. The van der Waals surface area contributed by atoms with Crippen molar-refractivity contribution in [1.29, 1.82) is 0 Å². The lowest BCUT2D eigenvalue weighted by atomic mass is 9.70. The average molecular weight is 544 g/mol. The Morgan fingerprint density at radius 1 is 1.13 bits per heavy atom. The van der Waals surface area contributed by atoms with E-state index in [1.54, 1.807) is 16.7 Å². The first kappa shape index (κ1) is 28.9. The van der Waals surface area contributed by atoms with Gasteiger partial charge in [-0.2, -0.15) is 0 Å². The first-order chi connectivity index (χ1) is 17.7. The van der Waals surface area contributed by atoms with Crippen LogP contribution >= 0.6 is 11.8 Å². The number of carbonyl (C=O) groups is 3. The molecule has 3 N–H and O–H groups in total. The zero-order valence-electron chi connectivity index (χ0n) is 23.9. The minimum absolute atomic E-state index is 0.00591. The molecule has 0 radical (unpaired) electrons. The van der Waals surface area contributed by atoms with E-state index in [1.165, 1.54) is 0 Å². The number of benzene rings is 1. The largest absolute Gasteiger partial charge is 0.394 e. The highest BCUT2D eigenvalue weighted by atomic mass is 32.2. The Hall–Kier alpha value is -2.06. The van der Waals surface area contributed by atoms with Gasteiger partial charge >= 0.3 is 0 Å². The van der Waals surface area contributed by atoms with E-state index in [2.05, 4.69) is 31.4 Å². The zero-order chi connectivity index (χ0) is 28.0. The van der Waals surface area contributed by atoms with Crippen LogP contribution in [0.5, 0.6) is 0 Å². The van der Waals surface area contributed by atoms with Gasteiger partial charge in [0.1, 0.15) is 6.04 Å². The van der Waals surface area contributed by atoms with Crippen molar-refractivity contribution in [2.45, 2.75) is 102 Å². The number of rotatable bonds is 9. The summed E-state index contributed by atoms with van der Waals surface area (Å²) in [6, 6.07) is 8.54. The van der Waals surface area contributed by atoms with Gasteiger partial charge < -0.3 is 20.6 Å². The molecule has 1 aromatic carbocycles. The summed E-state index contributed by atoms with van der Waals surface area (Å²) in [4.78, 5) is 43.6. The molecule has 6 atom stereocenters. The van der Waals surface area contributed by atoms with Gasteiger partial charge in [-0.05, 0) is 50.0 Å². The molecule has 3 heterocycles. The van der Waals surface area contributed by atoms with Crippen molar-refractivity contribution in [3.05, 3.63) is 35.9 Å². The fourth-order valence-corrected chi connectivity index (χ4v) is 9.55. The lowest BCUT2D eigenvalue weighted by Gasteiger charge is -2.41. The third kappa shape index (κ3) is 5.35. The first-order valence-electron chi connectivity index (χ1n) is 14.0. The van der Waals surface area contributed by atoms with Gasteiger partial charge in [0, 0.05) is 17.3 Å². The molecule has 3 aliphatic heterocycles. The Kier molecular flexibility index (Phi) is 7.99. The van der Waals surface area contributed by atoms with E-state index in [-0.39, 0.29) is 40.9 Å². The van der Waals surface area contributed by atoms with Crippen LogP contribution in [0.15, 0.2) is 30.3 Å². The molecule has 3 fully saturated rings. The Morgan fingerprint density at radius 2 is 1.79 bits per heavy atom. The van der Waals surface area contributed by atoms with E-state index in [9.17, 15) is 19.5 Å². The molecule has 3 aliphatic rings. The first-order valence-corrected chi connectivity index (χ1v) is 14.8. The molecule has 38 heavy (non-hydrogen) atoms. The van der Waals surface area contributed by atoms with Crippen LogP contribution < -0.4 is 10.6 Å². The van der Waals surface area contributed by atoms with Gasteiger partial charge in [0.15, 0.2) is 0 Å². The molecule has 3 amide bonds. The predicted octanol–water partition coefficient (Wildman–Crippen LogP) is 3.74. The molecular formula is C30H45N3O4S. The minimum Gasteiger partial charge on any atom is -0.394 e. The van der Waals surface area contributed by atoms with E-state index >= 15 is 0 Å². The van der Waals surface area contributed by atoms with Crippen molar-refractivity contribution in [3.8, 4) is 0 Å². The molecule has 210 valence electrons. The van der Waals surface area contributed by atoms with E-state index < -0.39 is 34.2 Å². The third-order valence-corrected chi connectivity index (χ3v) is 10.3. The van der Waals surface area contributed by atoms with Gasteiger partial charge in [-0.3, -0.25) is 14.4 Å². The standard InChI is InChI=1S/C30H45N3O4S/c1-18(2)20(16-34)33-24(26(36)32-29(6,7)17-28(3,4)5)30-14-13-21(38-30)22(23(30)27(33)37)25(35)31-15-19-11-9-8-10-12-19/h8-12,18,20-24,34H,13-17H2,1-7H3,(H,31,35)(H,32,36)/t20-,21+,22-,23-,24?,30?/m0/s1. The minimum atomic E-state index is -0.722. The lowest BCUT2D eigenvalue weighted by Crippen LogP contribution is -2.60. The molecule has 8 heteroatoms. The van der Waals surface area contributed by atoms with Crippen LogP contribution in [0, 0.1) is 23.2 Å². The molecule has 1 aromatic rings. The van der Waals surface area contributed by atoms with Crippen LogP contribution in [0.3, 0.4) is 0 Å². The quantitative estimate of drug-likeness (QED) is 0.441. The van der Waals surface area contributed by atoms with Crippen LogP contribution in [0.25, 0.3) is 0 Å². The molecule has 0 aromatic heterocycles. The highest BCUT2D eigenvalue weighted by molar-refractivity contribution is 8.02. The number of aliphatic hydroxyl groups is 1. The van der Waals surface area contributed by atoms with Gasteiger partial charge in [-0.15, -0.1) is 11.8 Å². The Labute approximate surface area is 231 Å². The Morgan fingerprint density at radius 3 is 2.37 bits per heavy atom.